The third-order valence-electron chi connectivity index (χ3n) is 3.87. The summed E-state index contributed by atoms with van der Waals surface area (Å²) < 4.78 is 0. The van der Waals surface area contributed by atoms with E-state index in [0.29, 0.717) is 0 Å². The van der Waals surface area contributed by atoms with Gasteiger partial charge in [-0.2, -0.15) is 0 Å². The summed E-state index contributed by atoms with van der Waals surface area (Å²) in [5.41, 5.74) is 0. The molecule has 1 aliphatic carbocycles. The van der Waals surface area contributed by atoms with Gasteiger partial charge in [-0.25, -0.2) is 0 Å². The maximum Gasteiger partial charge on any atom is 0.0248 e. The van der Waals surface area contributed by atoms with Gasteiger partial charge in [0, 0.05) is 11.8 Å². The summed E-state index contributed by atoms with van der Waals surface area (Å²) in [6.45, 7) is 4.07. The van der Waals surface area contributed by atoms with Gasteiger partial charge >= 0.3 is 0 Å². The molecular formula is C13H19NS. The van der Waals surface area contributed by atoms with Crippen LogP contribution in [-0.4, -0.2) is 29.8 Å². The molecule has 82 valence electrons. The molecule has 4 aliphatic rings. The van der Waals surface area contributed by atoms with E-state index in [1.54, 1.807) is 4.91 Å². The Balaban J connectivity index is 1.63. The fourth-order valence-electron chi connectivity index (χ4n) is 2.92. The smallest absolute Gasteiger partial charge is 0.0248 e. The first-order chi connectivity index (χ1) is 7.42. The second-order valence-electron chi connectivity index (χ2n) is 4.89. The number of allylic oxidation sites excluding steroid dienone is 4. The van der Waals surface area contributed by atoms with Gasteiger partial charge in [0.25, 0.3) is 0 Å². The number of nitrogens with zero attached hydrogens (tertiary/aromatic N) is 1. The van der Waals surface area contributed by atoms with Crippen molar-refractivity contribution in [1.29, 1.82) is 0 Å². The van der Waals surface area contributed by atoms with Crippen LogP contribution in [0.25, 0.3) is 0 Å². The van der Waals surface area contributed by atoms with E-state index in [-0.39, 0.29) is 0 Å². The molecule has 1 atom stereocenters. The number of fused-ring (bicyclic) bond motifs is 3. The maximum atomic E-state index is 2.65. The Morgan fingerprint density at radius 1 is 1.27 bits per heavy atom. The Hall–Kier alpha value is -0.210. The van der Waals surface area contributed by atoms with Gasteiger partial charge in [0.1, 0.15) is 0 Å². The summed E-state index contributed by atoms with van der Waals surface area (Å²) in [7, 11) is 0. The van der Waals surface area contributed by atoms with Crippen molar-refractivity contribution in [2.75, 3.05) is 19.6 Å². The van der Waals surface area contributed by atoms with E-state index in [2.05, 4.69) is 34.9 Å². The number of rotatable bonds is 2. The number of thioether (sulfide) groups is 1. The molecule has 2 heteroatoms. The predicted octanol–water partition coefficient (Wildman–Crippen LogP) is 3.05. The third-order valence-corrected chi connectivity index (χ3v) is 5.35. The van der Waals surface area contributed by atoms with Gasteiger partial charge in [-0.15, -0.1) is 11.8 Å². The van der Waals surface area contributed by atoms with E-state index in [1.165, 1.54) is 45.3 Å². The van der Waals surface area contributed by atoms with Gasteiger partial charge in [0.05, 0.1) is 0 Å². The Labute approximate surface area is 96.6 Å². The highest BCUT2D eigenvalue weighted by atomic mass is 32.2. The lowest BCUT2D eigenvalue weighted by molar-refractivity contribution is 0.118. The van der Waals surface area contributed by atoms with Crippen LogP contribution in [0.1, 0.15) is 25.7 Å². The average Bonchev–Trinajstić information content (AvgIpc) is 2.32. The van der Waals surface area contributed by atoms with Gasteiger partial charge in [-0.3, -0.25) is 0 Å². The molecule has 3 saturated heterocycles. The Morgan fingerprint density at radius 2 is 2.13 bits per heavy atom. The molecule has 0 spiro atoms. The molecule has 0 aromatic heterocycles. The Morgan fingerprint density at radius 3 is 2.73 bits per heavy atom. The number of hydrogen-bond donors (Lipinski definition) is 0. The van der Waals surface area contributed by atoms with Gasteiger partial charge in [-0.1, -0.05) is 18.2 Å². The molecule has 3 aliphatic heterocycles. The fraction of sp³-hybridized carbons (Fsp3) is 0.692. The molecule has 0 aromatic rings. The molecule has 0 radical (unpaired) electrons. The summed E-state index contributed by atoms with van der Waals surface area (Å²) in [5, 5.41) is 0.894. The van der Waals surface area contributed by atoms with E-state index in [4.69, 9.17) is 0 Å². The van der Waals surface area contributed by atoms with Crippen LogP contribution in [0.3, 0.4) is 0 Å². The van der Waals surface area contributed by atoms with Gasteiger partial charge < -0.3 is 4.90 Å². The van der Waals surface area contributed by atoms with E-state index in [9.17, 15) is 0 Å². The summed E-state index contributed by atoms with van der Waals surface area (Å²) >= 11 is 2.17. The van der Waals surface area contributed by atoms with Crippen LogP contribution in [-0.2, 0) is 0 Å². The number of hydrogen-bond acceptors (Lipinski definition) is 2. The lowest BCUT2D eigenvalue weighted by Crippen LogP contribution is -2.49. The second-order valence-corrected chi connectivity index (χ2v) is 6.26. The largest absolute Gasteiger partial charge is 0.302 e. The molecule has 0 N–H and O–H groups in total. The third kappa shape index (κ3) is 2.16. The van der Waals surface area contributed by atoms with Crippen molar-refractivity contribution in [2.45, 2.75) is 30.9 Å². The van der Waals surface area contributed by atoms with Crippen molar-refractivity contribution >= 4 is 11.8 Å². The molecule has 15 heavy (non-hydrogen) atoms. The highest BCUT2D eigenvalue weighted by molar-refractivity contribution is 8.03. The van der Waals surface area contributed by atoms with E-state index >= 15 is 0 Å². The average molecular weight is 221 g/mol. The molecule has 0 amide bonds. The summed E-state index contributed by atoms with van der Waals surface area (Å²) in [5.74, 6) is 1.01. The van der Waals surface area contributed by atoms with Crippen LogP contribution < -0.4 is 0 Å². The minimum atomic E-state index is 0.894. The highest BCUT2D eigenvalue weighted by Crippen LogP contribution is 2.39. The minimum Gasteiger partial charge on any atom is -0.302 e. The topological polar surface area (TPSA) is 3.24 Å². The highest BCUT2D eigenvalue weighted by Gasteiger charge is 2.34. The van der Waals surface area contributed by atoms with Crippen LogP contribution >= 0.6 is 11.8 Å². The molecule has 3 fully saturated rings. The van der Waals surface area contributed by atoms with Crippen LogP contribution in [0.4, 0.5) is 0 Å². The second kappa shape index (κ2) is 4.34. The molecule has 0 unspecified atom stereocenters. The van der Waals surface area contributed by atoms with E-state index in [0.717, 1.165) is 11.2 Å². The monoisotopic (exact) mass is 221 g/mol. The van der Waals surface area contributed by atoms with Crippen LogP contribution in [0.5, 0.6) is 0 Å². The van der Waals surface area contributed by atoms with Crippen molar-refractivity contribution in [3.8, 4) is 0 Å². The first kappa shape index (κ1) is 9.98. The maximum absolute atomic E-state index is 2.65. The van der Waals surface area contributed by atoms with Gasteiger partial charge in [0.2, 0.25) is 0 Å². The molecule has 3 heterocycles. The molecule has 4 rings (SSSR count). The van der Waals surface area contributed by atoms with Crippen LogP contribution in [0, 0.1) is 5.92 Å². The zero-order valence-electron chi connectivity index (χ0n) is 9.19. The Bertz CT molecular complexity index is 287. The first-order valence-corrected chi connectivity index (χ1v) is 7.04. The lowest BCUT2D eigenvalue weighted by atomic mass is 9.88. The van der Waals surface area contributed by atoms with Crippen LogP contribution in [0.2, 0.25) is 0 Å². The summed E-state index contributed by atoms with van der Waals surface area (Å²) in [4.78, 5) is 4.27. The van der Waals surface area contributed by atoms with Crippen LogP contribution in [0.15, 0.2) is 23.1 Å². The van der Waals surface area contributed by atoms with Gasteiger partial charge in [0.15, 0.2) is 0 Å². The van der Waals surface area contributed by atoms with Crippen molar-refractivity contribution in [3.63, 3.8) is 0 Å². The summed E-state index contributed by atoms with van der Waals surface area (Å²) in [6.07, 6.45) is 12.3. The summed E-state index contributed by atoms with van der Waals surface area (Å²) in [6, 6.07) is 0. The van der Waals surface area contributed by atoms with Gasteiger partial charge in [-0.05, 0) is 49.6 Å². The molecule has 0 aromatic carbocycles. The zero-order chi connectivity index (χ0) is 10.1. The SMILES string of the molecule is C1=CCCC(S[C@H]2CN3CCC2CC3)=C1. The van der Waals surface area contributed by atoms with E-state index in [1.807, 2.05) is 0 Å². The quantitative estimate of drug-likeness (QED) is 0.705. The van der Waals surface area contributed by atoms with Crippen molar-refractivity contribution < 1.29 is 0 Å². The Kier molecular flexibility index (Phi) is 2.89. The van der Waals surface area contributed by atoms with Crippen molar-refractivity contribution in [3.05, 3.63) is 23.1 Å². The fourth-order valence-corrected chi connectivity index (χ4v) is 4.45. The van der Waals surface area contributed by atoms with Crippen molar-refractivity contribution in [2.24, 2.45) is 5.92 Å². The molecule has 0 saturated carbocycles. The van der Waals surface area contributed by atoms with Crippen molar-refractivity contribution in [1.82, 2.24) is 4.90 Å². The molecular weight excluding hydrogens is 202 g/mol. The predicted molar refractivity (Wildman–Crippen MR) is 67.0 cm³/mol. The zero-order valence-corrected chi connectivity index (χ0v) is 10.0. The molecule has 2 bridgehead atoms. The number of piperidine rings is 3. The molecule has 1 nitrogen and oxygen atoms in total. The first-order valence-electron chi connectivity index (χ1n) is 6.16. The minimum absolute atomic E-state index is 0.894. The van der Waals surface area contributed by atoms with E-state index < -0.39 is 0 Å². The normalized spacial score (nSPS) is 39.2. The standard InChI is InChI=1S/C13H19NS/c1-2-4-12(5-3-1)15-13-10-14-8-6-11(13)7-9-14/h1-2,4,11,13H,3,5-10H2/t13-/m0/s1. The lowest BCUT2D eigenvalue weighted by Gasteiger charge is -2.44.